The first kappa shape index (κ1) is 21.7. The molecule has 32 heavy (non-hydrogen) atoms. The van der Waals surface area contributed by atoms with E-state index in [1.54, 1.807) is 13.0 Å². The summed E-state index contributed by atoms with van der Waals surface area (Å²) in [5.41, 5.74) is 5.45. The molecule has 1 aromatic heterocycles. The van der Waals surface area contributed by atoms with Crippen LogP contribution in [0.2, 0.25) is 5.02 Å². The highest BCUT2D eigenvalue weighted by molar-refractivity contribution is 6.30. The van der Waals surface area contributed by atoms with Gasteiger partial charge in [0.15, 0.2) is 0 Å². The number of nitrogens with zero attached hydrogens (tertiary/aromatic N) is 1. The molecule has 0 aliphatic carbocycles. The Hall–Kier alpha value is -3.50. The Kier molecular flexibility index (Phi) is 6.62. The lowest BCUT2D eigenvalue weighted by molar-refractivity contribution is 0.0526. The molecule has 0 saturated heterocycles. The summed E-state index contributed by atoms with van der Waals surface area (Å²) in [6.07, 6.45) is 0. The lowest BCUT2D eigenvalue weighted by Gasteiger charge is -2.16. The van der Waals surface area contributed by atoms with E-state index in [1.807, 2.05) is 73.7 Å². The van der Waals surface area contributed by atoms with Gasteiger partial charge < -0.3 is 14.0 Å². The first-order chi connectivity index (χ1) is 15.6. The number of para-hydroxylation sites is 1. The molecular weight excluding hydrogens is 422 g/mol. The van der Waals surface area contributed by atoms with E-state index in [9.17, 15) is 4.79 Å². The van der Waals surface area contributed by atoms with Crippen LogP contribution in [0.1, 0.15) is 28.5 Å². The summed E-state index contributed by atoms with van der Waals surface area (Å²) in [5, 5.41) is 0.701. The van der Waals surface area contributed by atoms with E-state index in [0.29, 0.717) is 23.8 Å². The highest BCUT2D eigenvalue weighted by Crippen LogP contribution is 2.34. The van der Waals surface area contributed by atoms with Crippen molar-refractivity contribution in [3.8, 4) is 22.7 Å². The number of aromatic nitrogens is 1. The summed E-state index contributed by atoms with van der Waals surface area (Å²) in [6, 6.07) is 27.2. The van der Waals surface area contributed by atoms with Crippen molar-refractivity contribution in [3.05, 3.63) is 107 Å². The Morgan fingerprint density at radius 3 is 2.50 bits per heavy atom. The number of rotatable bonds is 7. The van der Waals surface area contributed by atoms with Crippen LogP contribution in [0, 0.1) is 6.92 Å². The van der Waals surface area contributed by atoms with Crippen molar-refractivity contribution in [1.29, 1.82) is 0 Å². The molecule has 0 bridgehead atoms. The van der Waals surface area contributed by atoms with Crippen LogP contribution in [0.3, 0.4) is 0 Å². The van der Waals surface area contributed by atoms with Gasteiger partial charge >= 0.3 is 5.97 Å². The molecule has 162 valence electrons. The van der Waals surface area contributed by atoms with E-state index in [-0.39, 0.29) is 5.97 Å². The molecule has 0 atom stereocenters. The van der Waals surface area contributed by atoms with Crippen molar-refractivity contribution in [2.75, 3.05) is 6.61 Å². The molecule has 0 aliphatic rings. The molecule has 0 aliphatic heterocycles. The van der Waals surface area contributed by atoms with Crippen LogP contribution in [0.5, 0.6) is 5.75 Å². The van der Waals surface area contributed by atoms with Crippen LogP contribution >= 0.6 is 11.6 Å². The molecule has 5 heteroatoms. The monoisotopic (exact) mass is 445 g/mol. The second kappa shape index (κ2) is 9.75. The molecular formula is C27H24ClNO3. The predicted octanol–water partition coefficient (Wildman–Crippen LogP) is 6.86. The summed E-state index contributed by atoms with van der Waals surface area (Å²) in [5.74, 6) is 0.454. The SMILES string of the molecule is CCOC(=O)c1cccc(-n2c(C)ccc2-c2ccccc2OCc2ccc(Cl)cc2)c1. The lowest BCUT2D eigenvalue weighted by atomic mass is 10.1. The Morgan fingerprint density at radius 2 is 1.72 bits per heavy atom. The third-order valence-corrected chi connectivity index (χ3v) is 5.41. The number of hydrogen-bond donors (Lipinski definition) is 0. The lowest BCUT2D eigenvalue weighted by Crippen LogP contribution is -2.07. The minimum Gasteiger partial charge on any atom is -0.488 e. The highest BCUT2D eigenvalue weighted by atomic mass is 35.5. The Labute approximate surface area is 193 Å². The predicted molar refractivity (Wildman–Crippen MR) is 128 cm³/mol. The molecule has 0 saturated carbocycles. The van der Waals surface area contributed by atoms with Crippen LogP contribution in [0.25, 0.3) is 16.9 Å². The first-order valence-corrected chi connectivity index (χ1v) is 10.9. The third kappa shape index (κ3) is 4.71. The van der Waals surface area contributed by atoms with Gasteiger partial charge in [0.05, 0.1) is 17.9 Å². The zero-order valence-electron chi connectivity index (χ0n) is 18.0. The number of halogens is 1. The van der Waals surface area contributed by atoms with Crippen molar-refractivity contribution in [1.82, 2.24) is 4.57 Å². The smallest absolute Gasteiger partial charge is 0.338 e. The summed E-state index contributed by atoms with van der Waals surface area (Å²) in [7, 11) is 0. The van der Waals surface area contributed by atoms with E-state index in [4.69, 9.17) is 21.1 Å². The number of carbonyl (C=O) groups is 1. The van der Waals surface area contributed by atoms with Gasteiger partial charge in [-0.05, 0) is 74.0 Å². The number of carbonyl (C=O) groups excluding carboxylic acids is 1. The van der Waals surface area contributed by atoms with Crippen molar-refractivity contribution < 1.29 is 14.3 Å². The van der Waals surface area contributed by atoms with E-state index in [2.05, 4.69) is 16.7 Å². The number of ether oxygens (including phenoxy) is 2. The second-order valence-corrected chi connectivity index (χ2v) is 7.81. The second-order valence-electron chi connectivity index (χ2n) is 7.38. The molecule has 0 spiro atoms. The Bertz CT molecular complexity index is 1230. The normalized spacial score (nSPS) is 10.7. The number of hydrogen-bond acceptors (Lipinski definition) is 3. The van der Waals surface area contributed by atoms with Crippen molar-refractivity contribution in [3.63, 3.8) is 0 Å². The molecule has 4 rings (SSSR count). The van der Waals surface area contributed by atoms with Crippen LogP contribution < -0.4 is 4.74 Å². The first-order valence-electron chi connectivity index (χ1n) is 10.5. The summed E-state index contributed by atoms with van der Waals surface area (Å²) in [6.45, 7) is 4.62. The van der Waals surface area contributed by atoms with Gasteiger partial charge in [0, 0.05) is 22.0 Å². The van der Waals surface area contributed by atoms with Gasteiger partial charge in [0.25, 0.3) is 0 Å². The average Bonchev–Trinajstić information content (AvgIpc) is 3.20. The number of aryl methyl sites for hydroxylation is 1. The molecule has 0 N–H and O–H groups in total. The van der Waals surface area contributed by atoms with Crippen molar-refractivity contribution >= 4 is 17.6 Å². The van der Waals surface area contributed by atoms with Gasteiger partial charge in [0.1, 0.15) is 12.4 Å². The quantitative estimate of drug-likeness (QED) is 0.292. The van der Waals surface area contributed by atoms with Crippen LogP contribution in [-0.2, 0) is 11.3 Å². The topological polar surface area (TPSA) is 40.5 Å². The van der Waals surface area contributed by atoms with E-state index in [1.165, 1.54) is 0 Å². The minimum absolute atomic E-state index is 0.326. The third-order valence-electron chi connectivity index (χ3n) is 5.16. The molecule has 0 fully saturated rings. The molecule has 3 aromatic carbocycles. The maximum Gasteiger partial charge on any atom is 0.338 e. The van der Waals surface area contributed by atoms with Gasteiger partial charge in [-0.1, -0.05) is 41.9 Å². The fourth-order valence-corrected chi connectivity index (χ4v) is 3.75. The van der Waals surface area contributed by atoms with Gasteiger partial charge in [-0.2, -0.15) is 0 Å². The molecule has 4 aromatic rings. The fourth-order valence-electron chi connectivity index (χ4n) is 3.62. The molecule has 0 amide bonds. The van der Waals surface area contributed by atoms with Gasteiger partial charge in [-0.15, -0.1) is 0 Å². The molecule has 1 heterocycles. The molecule has 0 unspecified atom stereocenters. The van der Waals surface area contributed by atoms with E-state index >= 15 is 0 Å². The highest BCUT2D eigenvalue weighted by Gasteiger charge is 2.15. The zero-order chi connectivity index (χ0) is 22.5. The zero-order valence-corrected chi connectivity index (χ0v) is 18.8. The Morgan fingerprint density at radius 1 is 0.938 bits per heavy atom. The largest absolute Gasteiger partial charge is 0.488 e. The van der Waals surface area contributed by atoms with Crippen LogP contribution in [0.4, 0.5) is 0 Å². The van der Waals surface area contributed by atoms with Gasteiger partial charge in [-0.25, -0.2) is 4.79 Å². The standard InChI is InChI=1S/C27H24ClNO3/c1-3-31-27(30)21-7-6-8-23(17-21)29-19(2)11-16-25(29)24-9-4-5-10-26(24)32-18-20-12-14-22(28)15-13-20/h4-17H,3,18H2,1-2H3. The molecule has 0 radical (unpaired) electrons. The summed E-state index contributed by atoms with van der Waals surface area (Å²) < 4.78 is 13.5. The van der Waals surface area contributed by atoms with Gasteiger partial charge in [0.2, 0.25) is 0 Å². The summed E-state index contributed by atoms with van der Waals surface area (Å²) in [4.78, 5) is 12.2. The Balaban J connectivity index is 1.69. The average molecular weight is 446 g/mol. The number of esters is 1. The van der Waals surface area contributed by atoms with Crippen molar-refractivity contribution in [2.45, 2.75) is 20.5 Å². The van der Waals surface area contributed by atoms with Crippen molar-refractivity contribution in [2.24, 2.45) is 0 Å². The van der Waals surface area contributed by atoms with E-state index in [0.717, 1.165) is 34.0 Å². The van der Waals surface area contributed by atoms with Crippen LogP contribution in [-0.4, -0.2) is 17.1 Å². The molecule has 4 nitrogen and oxygen atoms in total. The number of benzene rings is 3. The summed E-state index contributed by atoms with van der Waals surface area (Å²) >= 11 is 5.99. The van der Waals surface area contributed by atoms with Gasteiger partial charge in [-0.3, -0.25) is 0 Å². The van der Waals surface area contributed by atoms with E-state index < -0.39 is 0 Å². The minimum atomic E-state index is -0.326. The maximum absolute atomic E-state index is 12.2. The van der Waals surface area contributed by atoms with Crippen LogP contribution in [0.15, 0.2) is 84.9 Å². The fraction of sp³-hybridized carbons (Fsp3) is 0.148. The maximum atomic E-state index is 12.2.